The van der Waals surface area contributed by atoms with Gasteiger partial charge in [-0.3, -0.25) is 0 Å². The summed E-state index contributed by atoms with van der Waals surface area (Å²) >= 11 is 7.08. The first kappa shape index (κ1) is 22.8. The number of hydrogen-bond acceptors (Lipinski definition) is 0. The van der Waals surface area contributed by atoms with E-state index in [1.165, 1.54) is 33.4 Å². The average molecular weight is 505 g/mol. The highest BCUT2D eigenvalue weighted by Crippen LogP contribution is 2.56. The molecule has 0 aliphatic heterocycles. The van der Waals surface area contributed by atoms with Crippen LogP contribution in [0, 0.1) is 0 Å². The number of benzene rings is 6. The van der Waals surface area contributed by atoms with Gasteiger partial charge in [0, 0.05) is 11.1 Å². The smallest absolute Gasteiger partial charge is 0.0713 e. The number of hydrogen-bond donors (Lipinski definition) is 0. The third-order valence-electron chi connectivity index (χ3n) is 7.85. The van der Waals surface area contributed by atoms with Crippen LogP contribution < -0.4 is 0 Å². The zero-order valence-corrected chi connectivity index (χ0v) is 21.6. The predicted octanol–water partition coefficient (Wildman–Crippen LogP) is 10.0. The maximum atomic E-state index is 7.08. The molecule has 0 amide bonds. The van der Waals surface area contributed by atoms with Gasteiger partial charge in [-0.15, -0.1) is 0 Å². The van der Waals surface area contributed by atoms with Crippen molar-refractivity contribution in [3.8, 4) is 33.4 Å². The fourth-order valence-corrected chi connectivity index (χ4v) is 6.56. The maximum absolute atomic E-state index is 7.08. The molecule has 0 saturated heterocycles. The molecule has 0 atom stereocenters. The normalized spacial score (nSPS) is 13.1. The SMILES string of the molecule is Clc1c(-c2ccccc2)cccc1-c1ccc2c(c1)-c1ccccc1C2(c1ccccc1)c1ccccc1. The highest BCUT2D eigenvalue weighted by atomic mass is 35.5. The second kappa shape index (κ2) is 9.17. The summed E-state index contributed by atoms with van der Waals surface area (Å²) in [6.45, 7) is 0. The molecule has 1 aliphatic rings. The van der Waals surface area contributed by atoms with Gasteiger partial charge in [0.2, 0.25) is 0 Å². The van der Waals surface area contributed by atoms with Crippen LogP contribution in [0.1, 0.15) is 22.3 Å². The van der Waals surface area contributed by atoms with Crippen LogP contribution in [0.3, 0.4) is 0 Å². The lowest BCUT2D eigenvalue weighted by Gasteiger charge is -2.33. The molecule has 0 bridgehead atoms. The van der Waals surface area contributed by atoms with E-state index in [9.17, 15) is 0 Å². The molecule has 38 heavy (non-hydrogen) atoms. The molecule has 0 aromatic heterocycles. The lowest BCUT2D eigenvalue weighted by Crippen LogP contribution is -2.28. The van der Waals surface area contributed by atoms with E-state index >= 15 is 0 Å². The molecule has 1 heteroatoms. The second-order valence-corrected chi connectivity index (χ2v) is 10.2. The van der Waals surface area contributed by atoms with E-state index < -0.39 is 0 Å². The van der Waals surface area contributed by atoms with Gasteiger partial charge in [0.05, 0.1) is 10.4 Å². The summed E-state index contributed by atoms with van der Waals surface area (Å²) in [5, 5.41) is 0.780. The summed E-state index contributed by atoms with van der Waals surface area (Å²) in [5.41, 5.74) is 11.6. The van der Waals surface area contributed by atoms with Crippen LogP contribution in [0.2, 0.25) is 5.02 Å². The molecule has 1 aliphatic carbocycles. The first-order valence-corrected chi connectivity index (χ1v) is 13.4. The van der Waals surface area contributed by atoms with E-state index in [1.807, 2.05) is 6.07 Å². The van der Waals surface area contributed by atoms with Crippen molar-refractivity contribution in [2.45, 2.75) is 5.41 Å². The molecule has 0 heterocycles. The molecule has 0 unspecified atom stereocenters. The third-order valence-corrected chi connectivity index (χ3v) is 8.26. The summed E-state index contributed by atoms with van der Waals surface area (Å²) in [6.07, 6.45) is 0. The first-order chi connectivity index (χ1) is 18.8. The first-order valence-electron chi connectivity index (χ1n) is 13.0. The van der Waals surface area contributed by atoms with Crippen molar-refractivity contribution < 1.29 is 0 Å². The molecule has 0 fully saturated rings. The van der Waals surface area contributed by atoms with Crippen molar-refractivity contribution >= 4 is 11.6 Å². The maximum Gasteiger partial charge on any atom is 0.0713 e. The van der Waals surface area contributed by atoms with Crippen molar-refractivity contribution in [1.82, 2.24) is 0 Å². The molecule has 0 spiro atoms. The largest absolute Gasteiger partial charge is 0.0830 e. The molecule has 0 nitrogen and oxygen atoms in total. The Kier molecular flexibility index (Phi) is 5.50. The minimum atomic E-state index is -0.386. The lowest BCUT2D eigenvalue weighted by atomic mass is 9.67. The van der Waals surface area contributed by atoms with Gasteiger partial charge in [0.25, 0.3) is 0 Å². The standard InChI is InChI=1S/C37H25Cl/c38-36-30(26-13-4-1-5-14-26)20-12-21-31(36)27-23-24-35-33(25-27)32-19-10-11-22-34(32)37(35,28-15-6-2-7-16-28)29-17-8-3-9-18-29/h1-25H. The predicted molar refractivity (Wildman–Crippen MR) is 160 cm³/mol. The van der Waals surface area contributed by atoms with Crippen molar-refractivity contribution in [2.24, 2.45) is 0 Å². The van der Waals surface area contributed by atoms with Gasteiger partial charge < -0.3 is 0 Å². The van der Waals surface area contributed by atoms with Crippen LogP contribution in [-0.2, 0) is 5.41 Å². The average Bonchev–Trinajstić information content (AvgIpc) is 3.29. The Morgan fingerprint density at radius 1 is 0.368 bits per heavy atom. The molecule has 6 aromatic rings. The van der Waals surface area contributed by atoms with Gasteiger partial charge in [-0.05, 0) is 50.6 Å². The van der Waals surface area contributed by atoms with Crippen molar-refractivity contribution in [3.05, 3.63) is 179 Å². The van der Waals surface area contributed by atoms with Crippen LogP contribution in [0.4, 0.5) is 0 Å². The van der Waals surface area contributed by atoms with Crippen molar-refractivity contribution in [2.75, 3.05) is 0 Å². The Bertz CT molecular complexity index is 1710. The summed E-state index contributed by atoms with van der Waals surface area (Å²) in [6, 6.07) is 54.2. The van der Waals surface area contributed by atoms with E-state index in [2.05, 4.69) is 146 Å². The van der Waals surface area contributed by atoms with Crippen LogP contribution in [0.15, 0.2) is 152 Å². The Hall–Kier alpha value is -4.39. The molecule has 0 radical (unpaired) electrons. The Morgan fingerprint density at radius 3 is 1.53 bits per heavy atom. The monoisotopic (exact) mass is 504 g/mol. The topological polar surface area (TPSA) is 0 Å². The van der Waals surface area contributed by atoms with E-state index in [0.29, 0.717) is 0 Å². The molecule has 0 N–H and O–H groups in total. The molecular weight excluding hydrogens is 480 g/mol. The van der Waals surface area contributed by atoms with E-state index in [0.717, 1.165) is 27.3 Å². The number of halogens is 1. The highest BCUT2D eigenvalue weighted by molar-refractivity contribution is 6.36. The Morgan fingerprint density at radius 2 is 0.868 bits per heavy atom. The molecule has 0 saturated carbocycles. The van der Waals surface area contributed by atoms with E-state index in [-0.39, 0.29) is 5.41 Å². The minimum Gasteiger partial charge on any atom is -0.0830 e. The second-order valence-electron chi connectivity index (χ2n) is 9.82. The minimum absolute atomic E-state index is 0.386. The summed E-state index contributed by atoms with van der Waals surface area (Å²) < 4.78 is 0. The molecule has 180 valence electrons. The van der Waals surface area contributed by atoms with Gasteiger partial charge >= 0.3 is 0 Å². The fraction of sp³-hybridized carbons (Fsp3) is 0.0270. The van der Waals surface area contributed by atoms with Crippen LogP contribution in [0.5, 0.6) is 0 Å². The molecule has 6 aromatic carbocycles. The summed E-state index contributed by atoms with van der Waals surface area (Å²) in [5.74, 6) is 0. The fourth-order valence-electron chi connectivity index (χ4n) is 6.21. The highest BCUT2D eigenvalue weighted by Gasteiger charge is 2.45. The Balaban J connectivity index is 1.49. The Labute approximate surface area is 228 Å². The van der Waals surface area contributed by atoms with Gasteiger partial charge in [-0.25, -0.2) is 0 Å². The van der Waals surface area contributed by atoms with Gasteiger partial charge in [-0.1, -0.05) is 157 Å². The van der Waals surface area contributed by atoms with Crippen molar-refractivity contribution in [1.29, 1.82) is 0 Å². The summed E-state index contributed by atoms with van der Waals surface area (Å²) in [4.78, 5) is 0. The zero-order chi connectivity index (χ0) is 25.5. The van der Waals surface area contributed by atoms with Crippen LogP contribution in [-0.4, -0.2) is 0 Å². The van der Waals surface area contributed by atoms with E-state index in [4.69, 9.17) is 11.6 Å². The van der Waals surface area contributed by atoms with Crippen molar-refractivity contribution in [3.63, 3.8) is 0 Å². The lowest BCUT2D eigenvalue weighted by molar-refractivity contribution is 0.768. The quantitative estimate of drug-likeness (QED) is 0.223. The summed E-state index contributed by atoms with van der Waals surface area (Å²) in [7, 11) is 0. The zero-order valence-electron chi connectivity index (χ0n) is 20.8. The third kappa shape index (κ3) is 3.38. The van der Waals surface area contributed by atoms with Gasteiger partial charge in [0.15, 0.2) is 0 Å². The van der Waals surface area contributed by atoms with Crippen LogP contribution in [0.25, 0.3) is 33.4 Å². The van der Waals surface area contributed by atoms with Gasteiger partial charge in [0.1, 0.15) is 0 Å². The number of fused-ring (bicyclic) bond motifs is 3. The van der Waals surface area contributed by atoms with E-state index in [1.54, 1.807) is 0 Å². The number of rotatable bonds is 4. The molecular formula is C37H25Cl. The molecule has 7 rings (SSSR count). The van der Waals surface area contributed by atoms with Crippen LogP contribution >= 0.6 is 11.6 Å². The van der Waals surface area contributed by atoms with Gasteiger partial charge in [-0.2, -0.15) is 0 Å².